The monoisotopic (exact) mass is 372 g/mol. The molecule has 0 heterocycles. The number of rotatable bonds is 11. The first-order chi connectivity index (χ1) is 12.9. The van der Waals surface area contributed by atoms with Crippen LogP contribution < -0.4 is 4.74 Å². The number of hydrogen-bond donors (Lipinski definition) is 1. The summed E-state index contributed by atoms with van der Waals surface area (Å²) in [5, 5.41) is 9.93. The van der Waals surface area contributed by atoms with E-state index in [1.165, 1.54) is 13.0 Å². The Bertz CT molecular complexity index is 698. The Balaban J connectivity index is 1.57. The topological polar surface area (TPSA) is 72.8 Å². The number of benzene rings is 1. The van der Waals surface area contributed by atoms with Gasteiger partial charge in [0.15, 0.2) is 5.78 Å². The molecular weight excluding hydrogens is 344 g/mol. The standard InChI is InChI=1S/C22H28O5/c1-17(23)5-6-18-7-10-20(11-8-18)27-15-14-26-13-3-4-19-9-12-21(24)22(2,25)16-19/h7-12,16,25H,3-6,13-15H2,1-2H3. The van der Waals surface area contributed by atoms with Gasteiger partial charge in [-0.05, 0) is 68.5 Å². The van der Waals surface area contributed by atoms with E-state index < -0.39 is 5.60 Å². The predicted octanol–water partition coefficient (Wildman–Crippen LogP) is 3.20. The largest absolute Gasteiger partial charge is 0.491 e. The Morgan fingerprint density at radius 3 is 2.48 bits per heavy atom. The van der Waals surface area contributed by atoms with Crippen LogP contribution in [-0.4, -0.2) is 42.1 Å². The van der Waals surface area contributed by atoms with Crippen LogP contribution in [-0.2, 0) is 20.7 Å². The fourth-order valence-corrected chi connectivity index (χ4v) is 2.76. The third kappa shape index (κ3) is 7.49. The lowest BCUT2D eigenvalue weighted by molar-refractivity contribution is -0.126. The third-order valence-corrected chi connectivity index (χ3v) is 4.35. The SMILES string of the molecule is CC(=O)CCc1ccc(OCCOCCCC2=CC(C)(O)C(=O)C=C2)cc1. The molecule has 0 saturated carbocycles. The highest BCUT2D eigenvalue weighted by atomic mass is 16.5. The van der Waals surface area contributed by atoms with Crippen molar-refractivity contribution in [2.45, 2.75) is 45.1 Å². The minimum atomic E-state index is -1.39. The summed E-state index contributed by atoms with van der Waals surface area (Å²) >= 11 is 0. The summed E-state index contributed by atoms with van der Waals surface area (Å²) in [6.45, 7) is 4.66. The van der Waals surface area contributed by atoms with Crippen molar-refractivity contribution in [3.05, 3.63) is 53.6 Å². The summed E-state index contributed by atoms with van der Waals surface area (Å²) in [5.41, 5.74) is 0.685. The van der Waals surface area contributed by atoms with Gasteiger partial charge in [0.1, 0.15) is 23.7 Å². The smallest absolute Gasteiger partial charge is 0.190 e. The molecule has 5 heteroatoms. The number of ether oxygens (including phenoxy) is 2. The van der Waals surface area contributed by atoms with Crippen LogP contribution in [0.5, 0.6) is 5.75 Å². The molecule has 0 aliphatic heterocycles. The molecule has 1 aromatic carbocycles. The summed E-state index contributed by atoms with van der Waals surface area (Å²) in [5.74, 6) is 0.697. The number of Topliss-reactive ketones (excluding diaryl/α,β-unsaturated/α-hetero) is 1. The van der Waals surface area contributed by atoms with E-state index in [-0.39, 0.29) is 11.6 Å². The van der Waals surface area contributed by atoms with E-state index >= 15 is 0 Å². The van der Waals surface area contributed by atoms with Crippen LogP contribution >= 0.6 is 0 Å². The van der Waals surface area contributed by atoms with Gasteiger partial charge in [-0.25, -0.2) is 0 Å². The maximum Gasteiger partial charge on any atom is 0.190 e. The molecule has 146 valence electrons. The molecule has 1 unspecified atom stereocenters. The van der Waals surface area contributed by atoms with E-state index in [1.807, 2.05) is 24.3 Å². The predicted molar refractivity (Wildman–Crippen MR) is 104 cm³/mol. The number of carbonyl (C=O) groups excluding carboxylic acids is 2. The van der Waals surface area contributed by atoms with E-state index in [9.17, 15) is 14.7 Å². The number of ketones is 2. The molecular formula is C22H28O5. The van der Waals surface area contributed by atoms with Crippen LogP contribution in [0.2, 0.25) is 0 Å². The number of hydrogen-bond acceptors (Lipinski definition) is 5. The number of carbonyl (C=O) groups is 2. The van der Waals surface area contributed by atoms with Gasteiger partial charge in [0, 0.05) is 13.0 Å². The summed E-state index contributed by atoms with van der Waals surface area (Å²) in [4.78, 5) is 22.5. The van der Waals surface area contributed by atoms with Crippen LogP contribution in [0.3, 0.4) is 0 Å². The zero-order valence-corrected chi connectivity index (χ0v) is 16.1. The highest BCUT2D eigenvalue weighted by molar-refractivity contribution is 5.99. The Morgan fingerprint density at radius 2 is 1.81 bits per heavy atom. The lowest BCUT2D eigenvalue weighted by Gasteiger charge is -2.20. The molecule has 1 aromatic rings. The second-order valence-corrected chi connectivity index (χ2v) is 6.97. The first-order valence-corrected chi connectivity index (χ1v) is 9.32. The zero-order valence-electron chi connectivity index (χ0n) is 16.1. The first kappa shape index (κ1) is 21.1. The van der Waals surface area contributed by atoms with Gasteiger partial charge < -0.3 is 19.4 Å². The zero-order chi connectivity index (χ0) is 19.7. The maximum absolute atomic E-state index is 11.5. The highest BCUT2D eigenvalue weighted by Gasteiger charge is 2.27. The quantitative estimate of drug-likeness (QED) is 0.604. The average molecular weight is 372 g/mol. The van der Waals surface area contributed by atoms with Crippen molar-refractivity contribution in [2.75, 3.05) is 19.8 Å². The minimum absolute atomic E-state index is 0.196. The maximum atomic E-state index is 11.5. The van der Waals surface area contributed by atoms with Gasteiger partial charge >= 0.3 is 0 Å². The number of allylic oxidation sites excluding steroid dienone is 2. The van der Waals surface area contributed by atoms with Gasteiger partial charge in [0.25, 0.3) is 0 Å². The van der Waals surface area contributed by atoms with Crippen molar-refractivity contribution in [3.8, 4) is 5.75 Å². The van der Waals surface area contributed by atoms with E-state index in [0.717, 1.165) is 36.1 Å². The molecule has 2 rings (SSSR count). The molecule has 1 aliphatic carbocycles. The van der Waals surface area contributed by atoms with Crippen molar-refractivity contribution >= 4 is 11.6 Å². The molecule has 1 aliphatic rings. The van der Waals surface area contributed by atoms with Gasteiger partial charge in [-0.2, -0.15) is 0 Å². The summed E-state index contributed by atoms with van der Waals surface area (Å²) < 4.78 is 11.2. The Hall–Kier alpha value is -2.24. The normalized spacial score (nSPS) is 19.1. The molecule has 0 spiro atoms. The van der Waals surface area contributed by atoms with Crippen LogP contribution in [0.4, 0.5) is 0 Å². The summed E-state index contributed by atoms with van der Waals surface area (Å²) in [6.07, 6.45) is 7.67. The van der Waals surface area contributed by atoms with Crippen LogP contribution in [0.25, 0.3) is 0 Å². The average Bonchev–Trinajstić information content (AvgIpc) is 2.63. The van der Waals surface area contributed by atoms with E-state index in [1.54, 1.807) is 19.1 Å². The second kappa shape index (κ2) is 10.2. The van der Waals surface area contributed by atoms with E-state index in [4.69, 9.17) is 9.47 Å². The van der Waals surface area contributed by atoms with Crippen LogP contribution in [0.15, 0.2) is 48.1 Å². The van der Waals surface area contributed by atoms with Crippen LogP contribution in [0, 0.1) is 0 Å². The van der Waals surface area contributed by atoms with E-state index in [2.05, 4.69) is 0 Å². The van der Waals surface area contributed by atoms with E-state index in [0.29, 0.717) is 26.2 Å². The minimum Gasteiger partial charge on any atom is -0.491 e. The van der Waals surface area contributed by atoms with Gasteiger partial charge in [-0.15, -0.1) is 0 Å². The Morgan fingerprint density at radius 1 is 1.07 bits per heavy atom. The Kier molecular flexibility index (Phi) is 7.95. The lowest BCUT2D eigenvalue weighted by Crippen LogP contribution is -2.33. The second-order valence-electron chi connectivity index (χ2n) is 6.97. The molecule has 1 atom stereocenters. The van der Waals surface area contributed by atoms with Crippen molar-refractivity contribution in [1.29, 1.82) is 0 Å². The fraction of sp³-hybridized carbons (Fsp3) is 0.455. The van der Waals surface area contributed by atoms with Crippen molar-refractivity contribution in [2.24, 2.45) is 0 Å². The van der Waals surface area contributed by atoms with Gasteiger partial charge in [0.05, 0.1) is 6.61 Å². The molecule has 0 bridgehead atoms. The molecule has 0 amide bonds. The third-order valence-electron chi connectivity index (χ3n) is 4.35. The van der Waals surface area contributed by atoms with Gasteiger partial charge in [-0.1, -0.05) is 18.2 Å². The molecule has 0 radical (unpaired) electrons. The molecule has 0 aromatic heterocycles. The van der Waals surface area contributed by atoms with Crippen molar-refractivity contribution < 1.29 is 24.2 Å². The van der Waals surface area contributed by atoms with Crippen molar-refractivity contribution in [1.82, 2.24) is 0 Å². The number of aryl methyl sites for hydroxylation is 1. The molecule has 0 saturated heterocycles. The Labute approximate surface area is 160 Å². The van der Waals surface area contributed by atoms with Crippen LogP contribution in [0.1, 0.15) is 38.7 Å². The summed E-state index contributed by atoms with van der Waals surface area (Å²) in [7, 11) is 0. The van der Waals surface area contributed by atoms with Gasteiger partial charge in [-0.3, -0.25) is 4.79 Å². The molecule has 5 nitrogen and oxygen atoms in total. The lowest BCUT2D eigenvalue weighted by atomic mass is 9.90. The van der Waals surface area contributed by atoms with Crippen molar-refractivity contribution in [3.63, 3.8) is 0 Å². The molecule has 1 N–H and O–H groups in total. The molecule has 27 heavy (non-hydrogen) atoms. The molecule has 0 fully saturated rings. The fourth-order valence-electron chi connectivity index (χ4n) is 2.76. The first-order valence-electron chi connectivity index (χ1n) is 9.32. The summed E-state index contributed by atoms with van der Waals surface area (Å²) in [6, 6.07) is 7.77. The van der Waals surface area contributed by atoms with Gasteiger partial charge in [0.2, 0.25) is 0 Å². The number of aliphatic hydroxyl groups is 1. The highest BCUT2D eigenvalue weighted by Crippen LogP contribution is 2.20.